The summed E-state index contributed by atoms with van der Waals surface area (Å²) in [6.45, 7) is 4.31. The van der Waals surface area contributed by atoms with Crippen molar-refractivity contribution in [1.29, 1.82) is 0 Å². The van der Waals surface area contributed by atoms with Crippen LogP contribution in [-0.4, -0.2) is 7.64 Å². The number of thiol groups is 1. The molecule has 0 spiro atoms. The van der Waals surface area contributed by atoms with E-state index in [-0.39, 0.29) is 0 Å². The Morgan fingerprint density at radius 2 is 0.972 bits per heavy atom. The first-order valence-electron chi connectivity index (χ1n) is 10.6. The Hall–Kier alpha value is -1.11. The predicted octanol–water partition coefficient (Wildman–Crippen LogP) is 12.0. The Kier molecular flexibility index (Phi) is 10.6. The molecule has 0 saturated carbocycles. The molecule has 6 rings (SSSR count). The van der Waals surface area contributed by atoms with Gasteiger partial charge in [-0.15, -0.1) is 68.0 Å². The molecule has 0 aliphatic rings. The molecule has 1 radical (unpaired) electrons. The fourth-order valence-electron chi connectivity index (χ4n) is 3.20. The van der Waals surface area contributed by atoms with Crippen molar-refractivity contribution < 1.29 is 0 Å². The summed E-state index contributed by atoms with van der Waals surface area (Å²) in [5, 5.41) is 2.13. The molecule has 1 nitrogen and oxygen atoms in total. The van der Waals surface area contributed by atoms with Crippen LogP contribution in [0.25, 0.3) is 39.0 Å². The Labute approximate surface area is 251 Å². The van der Waals surface area contributed by atoms with E-state index in [0.29, 0.717) is 0 Å². The number of nitrogens with zero attached hydrogens (tertiary/aromatic N) is 1. The molecule has 0 bridgehead atoms. The molecule has 0 atom stereocenters. The summed E-state index contributed by atoms with van der Waals surface area (Å²) in [5.74, 6) is 0. The van der Waals surface area contributed by atoms with E-state index in [2.05, 4.69) is 133 Å². The van der Waals surface area contributed by atoms with Crippen LogP contribution in [0.2, 0.25) is 0 Å². The second-order valence-corrected chi connectivity index (χ2v) is 15.7. The van der Waals surface area contributed by atoms with Crippen LogP contribution in [0.5, 0.6) is 0 Å². The van der Waals surface area contributed by atoms with Gasteiger partial charge in [-0.05, 0) is 102 Å². The van der Waals surface area contributed by atoms with Gasteiger partial charge in [-0.2, -0.15) is 0 Å². The average molecular weight is 662 g/mol. The zero-order valence-corrected chi connectivity index (χ0v) is 26.7. The van der Waals surface area contributed by atoms with Gasteiger partial charge in [0.1, 0.15) is 0 Å². The summed E-state index contributed by atoms with van der Waals surface area (Å²) in [7, 11) is 4.34. The molecular formula is C26H20BBrNS7. The molecule has 0 aliphatic carbocycles. The average Bonchev–Trinajstić information content (AvgIpc) is 3.68. The van der Waals surface area contributed by atoms with Gasteiger partial charge in [0.25, 0.3) is 0 Å². The summed E-state index contributed by atoms with van der Waals surface area (Å²) < 4.78 is 3.88. The van der Waals surface area contributed by atoms with Gasteiger partial charge in [-0.1, -0.05) is 6.07 Å². The number of hydrogen-bond acceptors (Lipinski definition) is 8. The SMILES string of the molecule is Cc1ccc(-c2ccc(-c3ccc(Br)s3)s2)s1.Cc1ccc(-c2ccc(-c3cccs3)s2)s1.[B]=NS. The van der Waals surface area contributed by atoms with E-state index in [0.717, 1.165) is 0 Å². The minimum atomic E-state index is 1.19. The molecule has 6 heterocycles. The van der Waals surface area contributed by atoms with Gasteiger partial charge in [0.2, 0.25) is 0 Å². The third-order valence-corrected chi connectivity index (χ3v) is 12.2. The quantitative estimate of drug-likeness (QED) is 0.143. The van der Waals surface area contributed by atoms with Crippen molar-refractivity contribution >= 4 is 104 Å². The summed E-state index contributed by atoms with van der Waals surface area (Å²) in [6, 6.07) is 26.2. The first kappa shape index (κ1) is 27.9. The van der Waals surface area contributed by atoms with Gasteiger partial charge < -0.3 is 0 Å². The van der Waals surface area contributed by atoms with Crippen molar-refractivity contribution in [1.82, 2.24) is 0 Å². The maximum absolute atomic E-state index is 4.34. The standard InChI is InChI=1S/C13H9BrS3.C13H10S3.BHNS/c1-8-2-3-9(15-8)10-4-5-11(16-10)12-6-7-13(14)17-12;1-9-4-5-12(15-9)13-7-6-11(16-13)10-3-2-8-14-10;1-2-3/h2-7H,1H3;2-8H,1H3;3H. The van der Waals surface area contributed by atoms with Crippen molar-refractivity contribution in [2.45, 2.75) is 13.8 Å². The van der Waals surface area contributed by atoms with E-state index in [9.17, 15) is 0 Å². The van der Waals surface area contributed by atoms with Crippen molar-refractivity contribution in [2.75, 3.05) is 0 Å². The fraction of sp³-hybridized carbons (Fsp3) is 0.0769. The molecular weight excluding hydrogens is 641 g/mol. The van der Waals surface area contributed by atoms with Crippen LogP contribution in [0.15, 0.2) is 86.3 Å². The van der Waals surface area contributed by atoms with E-state index in [1.165, 1.54) is 52.6 Å². The van der Waals surface area contributed by atoms with Crippen LogP contribution in [0.4, 0.5) is 0 Å². The molecule has 0 fully saturated rings. The van der Waals surface area contributed by atoms with Crippen LogP contribution in [0, 0.1) is 13.8 Å². The fourth-order valence-corrected chi connectivity index (χ4v) is 9.44. The zero-order chi connectivity index (χ0) is 25.5. The summed E-state index contributed by atoms with van der Waals surface area (Å²) in [6.07, 6.45) is 0. The third-order valence-electron chi connectivity index (χ3n) is 4.76. The monoisotopic (exact) mass is 660 g/mol. The molecule has 0 aliphatic heterocycles. The van der Waals surface area contributed by atoms with Gasteiger partial charge >= 0.3 is 24.8 Å². The Bertz CT molecular complexity index is 1460. The van der Waals surface area contributed by atoms with Crippen LogP contribution in [-0.2, 0) is 0 Å². The maximum atomic E-state index is 4.34. The molecule has 6 aromatic heterocycles. The van der Waals surface area contributed by atoms with E-state index in [1.807, 2.05) is 45.3 Å². The molecule has 36 heavy (non-hydrogen) atoms. The summed E-state index contributed by atoms with van der Waals surface area (Å²) in [4.78, 5) is 13.7. The van der Waals surface area contributed by atoms with Gasteiger partial charge in [-0.25, -0.2) is 0 Å². The molecule has 0 amide bonds. The zero-order valence-electron chi connectivity index (χ0n) is 19.3. The van der Waals surface area contributed by atoms with Crippen molar-refractivity contribution in [3.63, 3.8) is 0 Å². The van der Waals surface area contributed by atoms with Crippen LogP contribution >= 0.6 is 96.8 Å². The van der Waals surface area contributed by atoms with Gasteiger partial charge in [-0.3, -0.25) is 0 Å². The summed E-state index contributed by atoms with van der Waals surface area (Å²) >= 11 is 17.8. The minimum absolute atomic E-state index is 1.19. The second kappa shape index (κ2) is 13.6. The Morgan fingerprint density at radius 3 is 1.33 bits per heavy atom. The van der Waals surface area contributed by atoms with E-state index in [4.69, 9.17) is 0 Å². The predicted molar refractivity (Wildman–Crippen MR) is 176 cm³/mol. The van der Waals surface area contributed by atoms with Crippen molar-refractivity contribution in [2.24, 2.45) is 4.30 Å². The molecule has 0 saturated heterocycles. The molecule has 181 valence electrons. The van der Waals surface area contributed by atoms with Gasteiger partial charge in [0.05, 0.1) is 3.79 Å². The number of thiophene rings is 6. The van der Waals surface area contributed by atoms with E-state index >= 15 is 0 Å². The van der Waals surface area contributed by atoms with Crippen LogP contribution in [0.1, 0.15) is 9.75 Å². The van der Waals surface area contributed by atoms with Crippen molar-refractivity contribution in [3.05, 3.63) is 91.7 Å². The number of hydrogen-bond donors (Lipinski definition) is 1. The van der Waals surface area contributed by atoms with Crippen molar-refractivity contribution in [3.8, 4) is 39.0 Å². The molecule has 6 aromatic rings. The van der Waals surface area contributed by atoms with E-state index in [1.54, 1.807) is 22.7 Å². The van der Waals surface area contributed by atoms with E-state index < -0.39 is 0 Å². The van der Waals surface area contributed by atoms with Crippen LogP contribution < -0.4 is 0 Å². The first-order valence-corrected chi connectivity index (χ1v) is 16.8. The summed E-state index contributed by atoms with van der Waals surface area (Å²) in [5.41, 5.74) is 0. The number of aryl methyl sites for hydroxylation is 2. The number of halogens is 1. The Balaban J connectivity index is 0.000000153. The van der Waals surface area contributed by atoms with Gasteiger partial charge in [0.15, 0.2) is 0 Å². The first-order chi connectivity index (χ1) is 17.5. The van der Waals surface area contributed by atoms with Gasteiger partial charge in [0, 0.05) is 48.8 Å². The molecule has 0 unspecified atom stereocenters. The normalized spacial score (nSPS) is 10.3. The third kappa shape index (κ3) is 7.48. The topological polar surface area (TPSA) is 12.4 Å². The van der Waals surface area contributed by atoms with Crippen LogP contribution in [0.3, 0.4) is 0 Å². The second-order valence-electron chi connectivity index (χ2n) is 7.34. The molecule has 10 heteroatoms. The molecule has 0 N–H and O–H groups in total. The Morgan fingerprint density at radius 1 is 0.583 bits per heavy atom. The molecule has 0 aromatic carbocycles. The number of rotatable bonds is 4.